The van der Waals surface area contributed by atoms with Gasteiger partial charge in [0, 0.05) is 28.4 Å². The molecule has 7 heteroatoms. The number of thioether (sulfide) groups is 1. The largest absolute Gasteiger partial charge is 0.301 e. The quantitative estimate of drug-likeness (QED) is 0.394. The number of hydrogen-bond donors (Lipinski definition) is 1. The van der Waals surface area contributed by atoms with Gasteiger partial charge in [0.2, 0.25) is 5.91 Å². The molecule has 2 aromatic heterocycles. The summed E-state index contributed by atoms with van der Waals surface area (Å²) in [5.74, 6) is 0.247. The third-order valence-electron chi connectivity index (χ3n) is 3.90. The summed E-state index contributed by atoms with van der Waals surface area (Å²) in [4.78, 5) is 22.3. The molecule has 28 heavy (non-hydrogen) atoms. The maximum Gasteiger partial charge on any atom is 0.236 e. The fourth-order valence-electron chi connectivity index (χ4n) is 2.59. The van der Waals surface area contributed by atoms with E-state index in [1.807, 2.05) is 60.1 Å². The summed E-state index contributed by atoms with van der Waals surface area (Å²) < 4.78 is 0.887. The van der Waals surface area contributed by atoms with E-state index in [0.29, 0.717) is 10.9 Å². The Balaban J connectivity index is 1.29. The van der Waals surface area contributed by atoms with Gasteiger partial charge in [-0.2, -0.15) is 0 Å². The monoisotopic (exact) mass is 423 g/mol. The standard InChI is InChI=1S/C21H17N3OS3/c25-19(14-27-21-23-18(13-26-21)16-9-5-2-6-10-16)24-20-22-12-17(28-20)11-15-7-3-1-4-8-15/h1-10,12-13H,11,14H2,(H,22,24,25). The third kappa shape index (κ3) is 5.07. The van der Waals surface area contributed by atoms with Crippen LogP contribution in [0, 0.1) is 0 Å². The summed E-state index contributed by atoms with van der Waals surface area (Å²) in [6.07, 6.45) is 2.65. The first-order chi connectivity index (χ1) is 13.8. The summed E-state index contributed by atoms with van der Waals surface area (Å²) in [5.41, 5.74) is 3.26. The summed E-state index contributed by atoms with van der Waals surface area (Å²) in [5, 5.41) is 5.54. The van der Waals surface area contributed by atoms with Crippen LogP contribution in [-0.4, -0.2) is 21.6 Å². The van der Waals surface area contributed by atoms with Crippen molar-refractivity contribution in [2.75, 3.05) is 11.1 Å². The Morgan fingerprint density at radius 1 is 1.04 bits per heavy atom. The normalized spacial score (nSPS) is 10.7. The van der Waals surface area contributed by atoms with E-state index in [4.69, 9.17) is 0 Å². The fraction of sp³-hybridized carbons (Fsp3) is 0.0952. The number of aromatic nitrogens is 2. The number of amides is 1. The highest BCUT2D eigenvalue weighted by molar-refractivity contribution is 8.01. The van der Waals surface area contributed by atoms with Gasteiger partial charge in [-0.1, -0.05) is 72.4 Å². The summed E-state index contributed by atoms with van der Waals surface area (Å²) in [7, 11) is 0. The van der Waals surface area contributed by atoms with Gasteiger partial charge in [-0.25, -0.2) is 9.97 Å². The third-order valence-corrected chi connectivity index (χ3v) is 6.83. The van der Waals surface area contributed by atoms with Gasteiger partial charge in [-0.3, -0.25) is 4.79 Å². The van der Waals surface area contributed by atoms with Crippen molar-refractivity contribution in [1.29, 1.82) is 0 Å². The Kier molecular flexibility index (Phi) is 6.16. The molecular weight excluding hydrogens is 406 g/mol. The molecule has 0 radical (unpaired) electrons. The van der Waals surface area contributed by atoms with E-state index < -0.39 is 0 Å². The lowest BCUT2D eigenvalue weighted by Crippen LogP contribution is -2.13. The van der Waals surface area contributed by atoms with Crippen LogP contribution in [0.25, 0.3) is 11.3 Å². The van der Waals surface area contributed by atoms with Crippen molar-refractivity contribution in [3.8, 4) is 11.3 Å². The van der Waals surface area contributed by atoms with Crippen molar-refractivity contribution in [3.63, 3.8) is 0 Å². The molecule has 1 amide bonds. The molecule has 4 aromatic rings. The van der Waals surface area contributed by atoms with Crippen LogP contribution in [0.15, 0.2) is 76.6 Å². The van der Waals surface area contributed by atoms with E-state index in [-0.39, 0.29) is 5.91 Å². The second kappa shape index (κ2) is 9.14. The van der Waals surface area contributed by atoms with Crippen molar-refractivity contribution in [2.24, 2.45) is 0 Å². The average molecular weight is 424 g/mol. The molecule has 0 spiro atoms. The maximum atomic E-state index is 12.2. The zero-order valence-electron chi connectivity index (χ0n) is 14.9. The average Bonchev–Trinajstić information content (AvgIpc) is 3.38. The number of thiazole rings is 2. The van der Waals surface area contributed by atoms with E-state index >= 15 is 0 Å². The Hall–Kier alpha value is -2.48. The molecule has 0 saturated heterocycles. The summed E-state index contributed by atoms with van der Waals surface area (Å²) >= 11 is 4.52. The van der Waals surface area contributed by atoms with Crippen molar-refractivity contribution in [3.05, 3.63) is 82.7 Å². The van der Waals surface area contributed by atoms with Crippen LogP contribution < -0.4 is 5.32 Å². The van der Waals surface area contributed by atoms with Crippen molar-refractivity contribution >= 4 is 45.5 Å². The molecule has 0 aliphatic rings. The molecular formula is C21H17N3OS3. The number of nitrogens with zero attached hydrogens (tertiary/aromatic N) is 2. The fourth-order valence-corrected chi connectivity index (χ4v) is 5.09. The predicted octanol–water partition coefficient (Wildman–Crippen LogP) is 5.59. The van der Waals surface area contributed by atoms with Crippen LogP contribution in [0.3, 0.4) is 0 Å². The molecule has 0 atom stereocenters. The predicted molar refractivity (Wildman–Crippen MR) is 118 cm³/mol. The van der Waals surface area contributed by atoms with Gasteiger partial charge in [0.25, 0.3) is 0 Å². The van der Waals surface area contributed by atoms with Crippen LogP contribution in [0.2, 0.25) is 0 Å². The molecule has 2 aromatic carbocycles. The molecule has 4 nitrogen and oxygen atoms in total. The Morgan fingerprint density at radius 2 is 1.79 bits per heavy atom. The van der Waals surface area contributed by atoms with Crippen LogP contribution in [0.5, 0.6) is 0 Å². The first-order valence-electron chi connectivity index (χ1n) is 8.68. The smallest absolute Gasteiger partial charge is 0.236 e. The molecule has 0 fully saturated rings. The van der Waals surface area contributed by atoms with Crippen molar-refractivity contribution in [1.82, 2.24) is 9.97 Å². The summed E-state index contributed by atoms with van der Waals surface area (Å²) in [6.45, 7) is 0. The minimum Gasteiger partial charge on any atom is -0.301 e. The van der Waals surface area contributed by atoms with Crippen LogP contribution in [-0.2, 0) is 11.2 Å². The molecule has 1 N–H and O–H groups in total. The van der Waals surface area contributed by atoms with Gasteiger partial charge in [0.05, 0.1) is 11.4 Å². The number of benzene rings is 2. The van der Waals surface area contributed by atoms with Gasteiger partial charge in [-0.15, -0.1) is 22.7 Å². The first-order valence-corrected chi connectivity index (χ1v) is 11.4. The van der Waals surface area contributed by atoms with E-state index in [0.717, 1.165) is 26.9 Å². The number of anilines is 1. The first kappa shape index (κ1) is 18.9. The Morgan fingerprint density at radius 3 is 2.57 bits per heavy atom. The minimum absolute atomic E-state index is 0.0675. The highest BCUT2D eigenvalue weighted by Crippen LogP contribution is 2.28. The molecule has 4 rings (SSSR count). The van der Waals surface area contributed by atoms with Gasteiger partial charge in [-0.05, 0) is 5.56 Å². The SMILES string of the molecule is O=C(CSc1nc(-c2ccccc2)cs1)Nc1ncc(Cc2ccccc2)s1. The zero-order valence-corrected chi connectivity index (χ0v) is 17.3. The summed E-state index contributed by atoms with van der Waals surface area (Å²) in [6, 6.07) is 20.3. The Labute approximate surface area is 175 Å². The molecule has 0 aliphatic heterocycles. The number of hydrogen-bond acceptors (Lipinski definition) is 6. The van der Waals surface area contributed by atoms with Crippen LogP contribution >= 0.6 is 34.4 Å². The molecule has 2 heterocycles. The van der Waals surface area contributed by atoms with E-state index in [9.17, 15) is 4.79 Å². The lowest BCUT2D eigenvalue weighted by atomic mass is 10.1. The number of carbonyl (C=O) groups is 1. The van der Waals surface area contributed by atoms with Gasteiger partial charge in [0.1, 0.15) is 0 Å². The van der Waals surface area contributed by atoms with Gasteiger partial charge >= 0.3 is 0 Å². The lowest BCUT2D eigenvalue weighted by molar-refractivity contribution is -0.113. The number of rotatable bonds is 7. The highest BCUT2D eigenvalue weighted by Gasteiger charge is 2.10. The van der Waals surface area contributed by atoms with Crippen LogP contribution in [0.4, 0.5) is 5.13 Å². The van der Waals surface area contributed by atoms with E-state index in [1.165, 1.54) is 28.7 Å². The molecule has 0 bridgehead atoms. The second-order valence-corrected chi connectivity index (χ2v) is 9.19. The van der Waals surface area contributed by atoms with Gasteiger partial charge in [0.15, 0.2) is 9.47 Å². The number of carbonyl (C=O) groups excluding carboxylic acids is 1. The topological polar surface area (TPSA) is 54.9 Å². The Bertz CT molecular complexity index is 1040. The highest BCUT2D eigenvalue weighted by atomic mass is 32.2. The molecule has 0 unspecified atom stereocenters. The lowest BCUT2D eigenvalue weighted by Gasteiger charge is -2.00. The number of nitrogens with one attached hydrogen (secondary N) is 1. The molecule has 0 saturated carbocycles. The molecule has 140 valence electrons. The second-order valence-electron chi connectivity index (χ2n) is 6.00. The minimum atomic E-state index is -0.0675. The van der Waals surface area contributed by atoms with E-state index in [2.05, 4.69) is 27.4 Å². The van der Waals surface area contributed by atoms with Crippen molar-refractivity contribution in [2.45, 2.75) is 10.8 Å². The van der Waals surface area contributed by atoms with Crippen molar-refractivity contribution < 1.29 is 4.79 Å². The van der Waals surface area contributed by atoms with Gasteiger partial charge < -0.3 is 5.32 Å². The molecule has 0 aliphatic carbocycles. The zero-order chi connectivity index (χ0) is 19.2. The van der Waals surface area contributed by atoms with E-state index in [1.54, 1.807) is 11.3 Å². The maximum absolute atomic E-state index is 12.2. The van der Waals surface area contributed by atoms with Crippen LogP contribution in [0.1, 0.15) is 10.4 Å².